The predicted molar refractivity (Wildman–Crippen MR) is 129 cm³/mol. The normalized spacial score (nSPS) is 19.4. The number of nitrogens with zero attached hydrogens (tertiary/aromatic N) is 2. The molecule has 4 rings (SSSR count). The molecule has 0 radical (unpaired) electrons. The van der Waals surface area contributed by atoms with E-state index < -0.39 is 0 Å². The van der Waals surface area contributed by atoms with E-state index in [1.165, 1.54) is 46.8 Å². The van der Waals surface area contributed by atoms with Gasteiger partial charge in [0.2, 0.25) is 0 Å². The quantitative estimate of drug-likeness (QED) is 0.555. The molecule has 158 valence electrons. The third-order valence-corrected chi connectivity index (χ3v) is 7.12. The van der Waals surface area contributed by atoms with Gasteiger partial charge in [-0.15, -0.1) is 11.3 Å². The number of aryl methyl sites for hydroxylation is 1. The minimum Gasteiger partial charge on any atom is -0.371 e. The largest absolute Gasteiger partial charge is 0.371 e. The number of thiophene rings is 1. The number of hydrogen-bond acceptors (Lipinski definition) is 4. The van der Waals surface area contributed by atoms with Gasteiger partial charge in [-0.3, -0.25) is 0 Å². The maximum absolute atomic E-state index is 4.34. The molecule has 2 heterocycles. The van der Waals surface area contributed by atoms with Crippen molar-refractivity contribution in [2.75, 3.05) is 39.0 Å². The molecule has 0 bridgehead atoms. The molecule has 1 saturated heterocycles. The molecule has 0 aromatic carbocycles. The number of allylic oxidation sites excluding steroid dienone is 3. The second-order valence-electron chi connectivity index (χ2n) is 8.71. The van der Waals surface area contributed by atoms with Gasteiger partial charge in [-0.25, -0.2) is 0 Å². The first-order valence-electron chi connectivity index (χ1n) is 10.9. The lowest BCUT2D eigenvalue weighted by molar-refractivity contribution is -0.0635. The van der Waals surface area contributed by atoms with E-state index in [-0.39, 0.29) is 0 Å². The molecule has 3 nitrogen and oxygen atoms in total. The highest BCUT2D eigenvalue weighted by Crippen LogP contribution is 2.55. The van der Waals surface area contributed by atoms with Crippen LogP contribution in [0.4, 0.5) is 5.00 Å². The summed E-state index contributed by atoms with van der Waals surface area (Å²) in [7, 11) is 4.17. The second kappa shape index (κ2) is 9.36. The van der Waals surface area contributed by atoms with E-state index in [1.807, 2.05) is 25.2 Å². The molecule has 0 amide bonds. The molecule has 1 aliphatic heterocycles. The minimum atomic E-state index is 0.505. The molecule has 1 saturated carbocycles. The van der Waals surface area contributed by atoms with E-state index >= 15 is 0 Å². The molecule has 2 aliphatic carbocycles. The number of hydrogen-bond donors (Lipinski definition) is 1. The van der Waals surface area contributed by atoms with E-state index in [0.29, 0.717) is 11.3 Å². The van der Waals surface area contributed by atoms with E-state index in [9.17, 15) is 0 Å². The third kappa shape index (κ3) is 5.04. The Hall–Kier alpha value is -1.78. The Balaban J connectivity index is 0.00000117. The molecule has 29 heavy (non-hydrogen) atoms. The lowest BCUT2D eigenvalue weighted by Crippen LogP contribution is -2.61. The van der Waals surface area contributed by atoms with Crippen LogP contribution < -0.4 is 5.32 Å². The SMILES string of the molecule is C=C(Nc1cc2c(s1)C=CCC2)C1CC2(C1)CN(C(=C)/C=C/CN(C)C)C2.CC. The summed E-state index contributed by atoms with van der Waals surface area (Å²) in [5.74, 6) is 0.611. The zero-order valence-electron chi connectivity index (χ0n) is 18.6. The van der Waals surface area contributed by atoms with Crippen molar-refractivity contribution in [2.45, 2.75) is 39.5 Å². The van der Waals surface area contributed by atoms with Crippen molar-refractivity contribution in [3.05, 3.63) is 59.3 Å². The first-order chi connectivity index (χ1) is 13.9. The van der Waals surface area contributed by atoms with Crippen LogP contribution in [0.15, 0.2) is 48.8 Å². The van der Waals surface area contributed by atoms with Crippen molar-refractivity contribution in [1.82, 2.24) is 9.80 Å². The zero-order chi connectivity index (χ0) is 21.0. The average Bonchev–Trinajstić information content (AvgIpc) is 3.03. The second-order valence-corrected chi connectivity index (χ2v) is 9.79. The van der Waals surface area contributed by atoms with Crippen molar-refractivity contribution >= 4 is 22.4 Å². The standard InChI is InChI=1S/C23H31N3S.C2H6/c1-17(8-7-11-25(3)4)26-15-23(16-26)13-20(14-23)18(2)24-22-12-19-9-5-6-10-21(19)27-22;1-2/h6-8,10,12,20,24H,1-2,5,9,11,13-16H2,3-4H3;1-2H3/b8-7+;. The lowest BCUT2D eigenvalue weighted by Gasteiger charge is -2.60. The first-order valence-corrected chi connectivity index (χ1v) is 11.8. The van der Waals surface area contributed by atoms with Crippen molar-refractivity contribution < 1.29 is 0 Å². The summed E-state index contributed by atoms with van der Waals surface area (Å²) in [5, 5.41) is 4.86. The van der Waals surface area contributed by atoms with Gasteiger partial charge in [0, 0.05) is 41.3 Å². The predicted octanol–water partition coefficient (Wildman–Crippen LogP) is 6.00. The summed E-state index contributed by atoms with van der Waals surface area (Å²) >= 11 is 1.86. The molecule has 1 aromatic rings. The summed E-state index contributed by atoms with van der Waals surface area (Å²) in [6.45, 7) is 15.8. The van der Waals surface area contributed by atoms with E-state index in [2.05, 4.69) is 72.7 Å². The Morgan fingerprint density at radius 3 is 2.69 bits per heavy atom. The highest BCUT2D eigenvalue weighted by Gasteiger charge is 2.52. The average molecular weight is 412 g/mol. The maximum Gasteiger partial charge on any atom is 0.0933 e. The molecule has 2 fully saturated rings. The topological polar surface area (TPSA) is 18.5 Å². The van der Waals surface area contributed by atoms with Crippen LogP contribution in [0, 0.1) is 11.3 Å². The fourth-order valence-electron chi connectivity index (χ4n) is 4.49. The summed E-state index contributed by atoms with van der Waals surface area (Å²) in [4.78, 5) is 5.99. The molecular formula is C25H37N3S. The number of likely N-dealkylation sites (tertiary alicyclic amines) is 1. The summed E-state index contributed by atoms with van der Waals surface area (Å²) in [6, 6.07) is 2.32. The Morgan fingerprint density at radius 2 is 2.03 bits per heavy atom. The number of fused-ring (bicyclic) bond motifs is 1. The highest BCUT2D eigenvalue weighted by molar-refractivity contribution is 7.17. The van der Waals surface area contributed by atoms with Crippen LogP contribution >= 0.6 is 11.3 Å². The Bertz CT molecular complexity index is 785. The highest BCUT2D eigenvalue weighted by atomic mass is 32.1. The van der Waals surface area contributed by atoms with E-state index in [4.69, 9.17) is 0 Å². The Kier molecular flexibility index (Phi) is 7.07. The number of anilines is 1. The molecule has 0 unspecified atom stereocenters. The van der Waals surface area contributed by atoms with Crippen LogP contribution in [0.1, 0.15) is 43.6 Å². The zero-order valence-corrected chi connectivity index (χ0v) is 19.4. The van der Waals surface area contributed by atoms with Gasteiger partial charge < -0.3 is 15.1 Å². The van der Waals surface area contributed by atoms with Crippen molar-refractivity contribution in [1.29, 1.82) is 0 Å². The fraction of sp³-hybridized carbons (Fsp3) is 0.520. The Labute approximate surface area is 181 Å². The number of rotatable bonds is 7. The molecule has 1 spiro atoms. The van der Waals surface area contributed by atoms with Crippen molar-refractivity contribution in [3.63, 3.8) is 0 Å². The number of nitrogens with one attached hydrogen (secondary N) is 1. The lowest BCUT2D eigenvalue weighted by atomic mass is 9.57. The van der Waals surface area contributed by atoms with Gasteiger partial charge in [0.1, 0.15) is 0 Å². The van der Waals surface area contributed by atoms with Gasteiger partial charge in [-0.1, -0.05) is 39.2 Å². The fourth-order valence-corrected chi connectivity index (χ4v) is 5.57. The van der Waals surface area contributed by atoms with E-state index in [1.54, 1.807) is 0 Å². The first kappa shape index (κ1) is 21.9. The molecule has 1 N–H and O–H groups in total. The van der Waals surface area contributed by atoms with Gasteiger partial charge in [0.25, 0.3) is 0 Å². The third-order valence-electron chi connectivity index (χ3n) is 6.07. The molecular weight excluding hydrogens is 374 g/mol. The summed E-state index contributed by atoms with van der Waals surface area (Å²) in [5.41, 5.74) is 4.34. The van der Waals surface area contributed by atoms with Crippen molar-refractivity contribution in [2.24, 2.45) is 11.3 Å². The van der Waals surface area contributed by atoms with Gasteiger partial charge >= 0.3 is 0 Å². The summed E-state index contributed by atoms with van der Waals surface area (Å²) in [6.07, 6.45) is 13.8. The van der Waals surface area contributed by atoms with Crippen LogP contribution in [0.2, 0.25) is 0 Å². The van der Waals surface area contributed by atoms with Gasteiger partial charge in [0.05, 0.1) is 5.00 Å². The van der Waals surface area contributed by atoms with Crippen molar-refractivity contribution in [3.8, 4) is 0 Å². The summed E-state index contributed by atoms with van der Waals surface area (Å²) < 4.78 is 0. The van der Waals surface area contributed by atoms with Crippen LogP contribution in [0.3, 0.4) is 0 Å². The molecule has 0 atom stereocenters. The van der Waals surface area contributed by atoms with E-state index in [0.717, 1.165) is 25.3 Å². The van der Waals surface area contributed by atoms with Crippen LogP contribution in [-0.2, 0) is 6.42 Å². The monoisotopic (exact) mass is 411 g/mol. The molecule has 3 aliphatic rings. The van der Waals surface area contributed by atoms with Crippen LogP contribution in [0.25, 0.3) is 6.08 Å². The molecule has 1 aromatic heterocycles. The van der Waals surface area contributed by atoms with Gasteiger partial charge in [0.15, 0.2) is 0 Å². The molecule has 4 heteroatoms. The minimum absolute atomic E-state index is 0.505. The Morgan fingerprint density at radius 1 is 1.31 bits per heavy atom. The number of likely N-dealkylation sites (N-methyl/N-ethyl adjacent to an activating group) is 1. The van der Waals surface area contributed by atoms with Gasteiger partial charge in [-0.2, -0.15) is 0 Å². The smallest absolute Gasteiger partial charge is 0.0933 e. The maximum atomic E-state index is 4.34. The van der Waals surface area contributed by atoms with Crippen LogP contribution in [0.5, 0.6) is 0 Å². The van der Waals surface area contributed by atoms with Gasteiger partial charge in [-0.05, 0) is 69.5 Å². The van der Waals surface area contributed by atoms with Crippen LogP contribution in [-0.4, -0.2) is 43.5 Å².